The fourth-order valence-electron chi connectivity index (χ4n) is 3.84. The van der Waals surface area contributed by atoms with Gasteiger partial charge in [0.05, 0.1) is 10.6 Å². The summed E-state index contributed by atoms with van der Waals surface area (Å²) in [6, 6.07) is 12.6. The van der Waals surface area contributed by atoms with E-state index in [2.05, 4.69) is 5.10 Å². The summed E-state index contributed by atoms with van der Waals surface area (Å²) in [5.74, 6) is -0.219. The third kappa shape index (κ3) is 4.88. The molecule has 1 aromatic heterocycles. The summed E-state index contributed by atoms with van der Waals surface area (Å²) in [4.78, 5) is 25.9. The Kier molecular flexibility index (Phi) is 7.53. The van der Waals surface area contributed by atoms with Crippen LogP contribution in [0, 0.1) is 20.8 Å². The number of hydrogen-bond donors (Lipinski definition) is 0. The van der Waals surface area contributed by atoms with Gasteiger partial charge in [-0.2, -0.15) is 9.40 Å². The van der Waals surface area contributed by atoms with E-state index in [-0.39, 0.29) is 10.7 Å². The molecule has 0 aliphatic carbocycles. The van der Waals surface area contributed by atoms with Crippen molar-refractivity contribution in [1.82, 2.24) is 14.1 Å². The SMILES string of the molecule is CCN(CC)S(=O)(=O)c1cc(-c2ccc(=O)n(C(C)C(=O)c3ccc(C)c(C)c3)n2)ccc1C. The average Bonchev–Trinajstić information content (AvgIpc) is 2.81. The molecule has 0 saturated heterocycles. The van der Waals surface area contributed by atoms with Gasteiger partial charge in [-0.05, 0) is 62.6 Å². The standard InChI is InChI=1S/C26H31N3O4S/c1-7-28(8-2)34(32,33)24-16-21(11-10-18(24)4)23-13-14-25(30)29(27-23)20(6)26(31)22-12-9-17(3)19(5)15-22/h9-16,20H,7-8H2,1-6H3. The zero-order valence-electron chi connectivity index (χ0n) is 20.5. The van der Waals surface area contributed by atoms with E-state index in [1.807, 2.05) is 26.0 Å². The molecule has 0 fully saturated rings. The molecule has 1 heterocycles. The summed E-state index contributed by atoms with van der Waals surface area (Å²) in [5, 5.41) is 4.44. The Hall–Kier alpha value is -3.10. The second kappa shape index (κ2) is 10.0. The van der Waals surface area contributed by atoms with E-state index in [0.717, 1.165) is 15.8 Å². The molecule has 0 aliphatic rings. The van der Waals surface area contributed by atoms with Gasteiger partial charge in [0.25, 0.3) is 5.56 Å². The lowest BCUT2D eigenvalue weighted by Crippen LogP contribution is -2.31. The van der Waals surface area contributed by atoms with Gasteiger partial charge in [0.2, 0.25) is 10.0 Å². The van der Waals surface area contributed by atoms with Crippen LogP contribution in [-0.4, -0.2) is 41.4 Å². The highest BCUT2D eigenvalue weighted by atomic mass is 32.2. The molecule has 0 radical (unpaired) electrons. The van der Waals surface area contributed by atoms with Crippen LogP contribution in [-0.2, 0) is 10.0 Å². The molecular weight excluding hydrogens is 450 g/mol. The van der Waals surface area contributed by atoms with Gasteiger partial charge in [0, 0.05) is 30.3 Å². The van der Waals surface area contributed by atoms with Gasteiger partial charge >= 0.3 is 0 Å². The van der Waals surface area contributed by atoms with Crippen molar-refractivity contribution < 1.29 is 13.2 Å². The summed E-state index contributed by atoms with van der Waals surface area (Å²) in [6.45, 7) is 11.6. The number of nitrogens with zero attached hydrogens (tertiary/aromatic N) is 3. The molecule has 2 aromatic carbocycles. The lowest BCUT2D eigenvalue weighted by Gasteiger charge is -2.20. The van der Waals surface area contributed by atoms with Crippen molar-refractivity contribution in [3.63, 3.8) is 0 Å². The van der Waals surface area contributed by atoms with Crippen molar-refractivity contribution in [3.8, 4) is 11.3 Å². The van der Waals surface area contributed by atoms with Crippen molar-refractivity contribution in [2.45, 2.75) is 52.5 Å². The molecule has 0 aliphatic heterocycles. The lowest BCUT2D eigenvalue weighted by molar-refractivity contribution is 0.0925. The largest absolute Gasteiger partial charge is 0.292 e. The van der Waals surface area contributed by atoms with Gasteiger partial charge < -0.3 is 0 Å². The highest BCUT2D eigenvalue weighted by Crippen LogP contribution is 2.26. The number of Topliss-reactive ketones (excluding diaryl/α,β-unsaturated/α-hetero) is 1. The van der Waals surface area contributed by atoms with Crippen LogP contribution in [0.5, 0.6) is 0 Å². The fourth-order valence-corrected chi connectivity index (χ4v) is 5.55. The van der Waals surface area contributed by atoms with E-state index in [1.165, 1.54) is 10.4 Å². The molecule has 0 N–H and O–H groups in total. The first-order valence-corrected chi connectivity index (χ1v) is 12.8. The number of aromatic nitrogens is 2. The minimum Gasteiger partial charge on any atom is -0.292 e. The van der Waals surface area contributed by atoms with Crippen molar-refractivity contribution in [2.75, 3.05) is 13.1 Å². The highest BCUT2D eigenvalue weighted by Gasteiger charge is 2.25. The van der Waals surface area contributed by atoms with Crippen LogP contribution in [0.1, 0.15) is 53.9 Å². The van der Waals surface area contributed by atoms with Crippen LogP contribution < -0.4 is 5.56 Å². The number of hydrogen-bond acceptors (Lipinski definition) is 5. The van der Waals surface area contributed by atoms with Crippen molar-refractivity contribution in [3.05, 3.63) is 81.1 Å². The number of sulfonamides is 1. The molecule has 0 amide bonds. The zero-order chi connectivity index (χ0) is 25.2. The number of carbonyl (C=O) groups is 1. The Morgan fingerprint density at radius 3 is 2.21 bits per heavy atom. The molecule has 1 unspecified atom stereocenters. The summed E-state index contributed by atoms with van der Waals surface area (Å²) in [6.07, 6.45) is 0. The van der Waals surface area contributed by atoms with Crippen LogP contribution in [0.2, 0.25) is 0 Å². The Labute approximate surface area is 201 Å². The maximum absolute atomic E-state index is 13.1. The first-order chi connectivity index (χ1) is 16.0. The Morgan fingerprint density at radius 2 is 1.59 bits per heavy atom. The Morgan fingerprint density at radius 1 is 0.941 bits per heavy atom. The molecule has 0 saturated carbocycles. The van der Waals surface area contributed by atoms with Crippen LogP contribution in [0.15, 0.2) is 58.2 Å². The van der Waals surface area contributed by atoms with Crippen molar-refractivity contribution >= 4 is 15.8 Å². The van der Waals surface area contributed by atoms with Crippen LogP contribution in [0.25, 0.3) is 11.3 Å². The summed E-state index contributed by atoms with van der Waals surface area (Å²) in [7, 11) is -3.67. The topological polar surface area (TPSA) is 89.3 Å². The molecule has 1 atom stereocenters. The second-order valence-corrected chi connectivity index (χ2v) is 10.3. The number of benzene rings is 2. The minimum atomic E-state index is -3.67. The van der Waals surface area contributed by atoms with E-state index in [9.17, 15) is 18.0 Å². The smallest absolute Gasteiger partial charge is 0.267 e. The van der Waals surface area contributed by atoms with Crippen LogP contribution in [0.3, 0.4) is 0 Å². The van der Waals surface area contributed by atoms with Gasteiger partial charge in [-0.25, -0.2) is 13.1 Å². The van der Waals surface area contributed by atoms with Gasteiger partial charge in [-0.1, -0.05) is 38.1 Å². The summed E-state index contributed by atoms with van der Waals surface area (Å²) < 4.78 is 28.8. The molecule has 34 heavy (non-hydrogen) atoms. The number of carbonyl (C=O) groups excluding carboxylic acids is 1. The predicted octanol–water partition coefficient (Wildman–Crippen LogP) is 4.31. The molecular formula is C26H31N3O4S. The Balaban J connectivity index is 2.05. The third-order valence-corrected chi connectivity index (χ3v) is 8.36. The van der Waals surface area contributed by atoms with Gasteiger partial charge in [0.15, 0.2) is 5.78 Å². The van der Waals surface area contributed by atoms with E-state index in [1.54, 1.807) is 58.0 Å². The first kappa shape index (κ1) is 25.5. The fraction of sp³-hybridized carbons (Fsp3) is 0.346. The van der Waals surface area contributed by atoms with Crippen molar-refractivity contribution in [1.29, 1.82) is 0 Å². The average molecular weight is 482 g/mol. The quantitative estimate of drug-likeness (QED) is 0.447. The molecule has 7 nitrogen and oxygen atoms in total. The molecule has 180 valence electrons. The van der Waals surface area contributed by atoms with E-state index >= 15 is 0 Å². The lowest BCUT2D eigenvalue weighted by atomic mass is 10.0. The molecule has 3 rings (SSSR count). The molecule has 3 aromatic rings. The maximum Gasteiger partial charge on any atom is 0.267 e. The highest BCUT2D eigenvalue weighted by molar-refractivity contribution is 7.89. The van der Waals surface area contributed by atoms with Gasteiger partial charge in [0.1, 0.15) is 6.04 Å². The van der Waals surface area contributed by atoms with Gasteiger partial charge in [-0.15, -0.1) is 0 Å². The predicted molar refractivity (Wildman–Crippen MR) is 134 cm³/mol. The number of aryl methyl sites for hydroxylation is 3. The number of ketones is 1. The number of rotatable bonds is 8. The molecule has 8 heteroatoms. The monoisotopic (exact) mass is 481 g/mol. The molecule has 0 spiro atoms. The van der Waals surface area contributed by atoms with Crippen molar-refractivity contribution in [2.24, 2.45) is 0 Å². The van der Waals surface area contributed by atoms with E-state index < -0.39 is 21.6 Å². The second-order valence-electron chi connectivity index (χ2n) is 8.41. The van der Waals surface area contributed by atoms with Gasteiger partial charge in [-0.3, -0.25) is 9.59 Å². The maximum atomic E-state index is 13.1. The Bertz CT molecular complexity index is 1390. The van der Waals surface area contributed by atoms with E-state index in [0.29, 0.717) is 35.5 Å². The normalized spacial score (nSPS) is 12.7. The summed E-state index contributed by atoms with van der Waals surface area (Å²) in [5.41, 5.74) is 3.77. The third-order valence-electron chi connectivity index (χ3n) is 6.17. The molecule has 0 bridgehead atoms. The first-order valence-electron chi connectivity index (χ1n) is 11.3. The van der Waals surface area contributed by atoms with Crippen LogP contribution >= 0.6 is 0 Å². The van der Waals surface area contributed by atoms with E-state index in [4.69, 9.17) is 0 Å². The minimum absolute atomic E-state index is 0.201. The van der Waals surface area contributed by atoms with Crippen LogP contribution in [0.4, 0.5) is 0 Å². The zero-order valence-corrected chi connectivity index (χ0v) is 21.3. The summed E-state index contributed by atoms with van der Waals surface area (Å²) >= 11 is 0.